The average Bonchev–Trinajstić information content (AvgIpc) is 3.15. The molecule has 3 unspecified atom stereocenters. The molecule has 0 bridgehead atoms. The van der Waals surface area contributed by atoms with Crippen molar-refractivity contribution in [2.75, 3.05) is 36.4 Å². The topological polar surface area (TPSA) is 125 Å². The summed E-state index contributed by atoms with van der Waals surface area (Å²) in [5.41, 5.74) is -0.186. The second-order valence-electron chi connectivity index (χ2n) is 7.08. The summed E-state index contributed by atoms with van der Waals surface area (Å²) < 4.78 is 6.58. The van der Waals surface area contributed by atoms with Crippen molar-refractivity contribution in [2.24, 2.45) is 0 Å². The highest BCUT2D eigenvalue weighted by molar-refractivity contribution is 8.14. The number of anilines is 1. The van der Waals surface area contributed by atoms with Gasteiger partial charge in [0.05, 0.1) is 17.6 Å². The fourth-order valence-electron chi connectivity index (χ4n) is 3.34. The number of aromatic amines is 1. The number of alkyl halides is 2. The molecule has 1 fully saturated rings. The fraction of sp³-hybridized carbons (Fsp3) is 0.450. The van der Waals surface area contributed by atoms with Crippen molar-refractivity contribution in [1.29, 1.82) is 0 Å². The maximum absolute atomic E-state index is 12.7. The van der Waals surface area contributed by atoms with E-state index in [4.69, 9.17) is 27.9 Å². The first-order chi connectivity index (χ1) is 15.4. The van der Waals surface area contributed by atoms with Crippen molar-refractivity contribution in [1.82, 2.24) is 9.55 Å². The zero-order chi connectivity index (χ0) is 23.3. The number of carbonyl (C=O) groups excluding carboxylic acids is 1. The van der Waals surface area contributed by atoms with E-state index >= 15 is 0 Å². The SMILES string of the molecule is O=C(Sc1cn(C2CC(O)C(CO)O2)c(=O)[nH]c1=O)c1ccc(N(CCCl)CCCl)cc1. The van der Waals surface area contributed by atoms with Gasteiger partial charge in [0.25, 0.3) is 5.56 Å². The van der Waals surface area contributed by atoms with Gasteiger partial charge in [-0.1, -0.05) is 0 Å². The Balaban J connectivity index is 1.78. The number of thioether (sulfide) groups is 1. The molecule has 1 saturated heterocycles. The first-order valence-electron chi connectivity index (χ1n) is 9.87. The lowest BCUT2D eigenvalue weighted by Crippen LogP contribution is -2.33. The largest absolute Gasteiger partial charge is 0.394 e. The smallest absolute Gasteiger partial charge is 0.330 e. The quantitative estimate of drug-likeness (QED) is 0.346. The summed E-state index contributed by atoms with van der Waals surface area (Å²) in [5, 5.41) is 18.8. The number of aromatic nitrogens is 2. The molecule has 3 rings (SSSR count). The molecule has 174 valence electrons. The minimum atomic E-state index is -0.947. The number of rotatable bonds is 9. The van der Waals surface area contributed by atoms with Crippen molar-refractivity contribution in [3.05, 3.63) is 56.9 Å². The molecular weight excluding hydrogens is 481 g/mol. The third-order valence-corrected chi connectivity index (χ3v) is 6.28. The summed E-state index contributed by atoms with van der Waals surface area (Å²) in [6, 6.07) is 6.85. The number of benzene rings is 1. The summed E-state index contributed by atoms with van der Waals surface area (Å²) in [5.74, 6) is 0.874. The average molecular weight is 504 g/mol. The molecule has 2 heterocycles. The maximum Gasteiger partial charge on any atom is 0.330 e. The summed E-state index contributed by atoms with van der Waals surface area (Å²) in [7, 11) is 0. The number of aliphatic hydroxyl groups is 2. The highest BCUT2D eigenvalue weighted by Crippen LogP contribution is 2.28. The highest BCUT2D eigenvalue weighted by Gasteiger charge is 2.35. The Morgan fingerprint density at radius 2 is 1.88 bits per heavy atom. The molecular formula is C20H23Cl2N3O6S. The summed E-state index contributed by atoms with van der Waals surface area (Å²) in [6.45, 7) is 0.823. The summed E-state index contributed by atoms with van der Waals surface area (Å²) in [4.78, 5) is 41.4. The van der Waals surface area contributed by atoms with Crippen molar-refractivity contribution in [3.8, 4) is 0 Å². The lowest BCUT2D eigenvalue weighted by atomic mass is 10.2. The normalized spacial score (nSPS) is 20.4. The Kier molecular flexibility index (Phi) is 8.80. The Morgan fingerprint density at radius 3 is 2.44 bits per heavy atom. The Hall–Kier alpha value is -1.82. The molecule has 1 aliphatic heterocycles. The first-order valence-corrected chi connectivity index (χ1v) is 11.8. The predicted octanol–water partition coefficient (Wildman–Crippen LogP) is 1.39. The van der Waals surface area contributed by atoms with Crippen LogP contribution < -0.4 is 16.1 Å². The maximum atomic E-state index is 12.7. The molecule has 0 amide bonds. The number of H-pyrrole nitrogens is 1. The lowest BCUT2D eigenvalue weighted by molar-refractivity contribution is -0.0461. The Bertz CT molecular complexity index is 1040. The highest BCUT2D eigenvalue weighted by atomic mass is 35.5. The van der Waals surface area contributed by atoms with E-state index in [1.165, 1.54) is 6.20 Å². The number of hydrogen-bond acceptors (Lipinski definition) is 8. The van der Waals surface area contributed by atoms with Crippen LogP contribution >= 0.6 is 35.0 Å². The van der Waals surface area contributed by atoms with Gasteiger partial charge >= 0.3 is 5.69 Å². The minimum Gasteiger partial charge on any atom is -0.394 e. The molecule has 1 aliphatic rings. The number of nitrogens with one attached hydrogen (secondary N) is 1. The fourth-order valence-corrected chi connectivity index (χ4v) is 4.52. The number of nitrogens with zero attached hydrogens (tertiary/aromatic N) is 2. The van der Waals surface area contributed by atoms with Gasteiger partial charge < -0.3 is 19.8 Å². The monoisotopic (exact) mass is 503 g/mol. The van der Waals surface area contributed by atoms with Gasteiger partial charge in [-0.3, -0.25) is 19.1 Å². The van der Waals surface area contributed by atoms with Gasteiger partial charge in [-0.25, -0.2) is 4.79 Å². The standard InChI is InChI=1S/C20H23Cl2N3O6S/c21-5-7-24(8-6-22)13-3-1-12(2-4-13)19(29)32-16-10-25(20(30)23-18(16)28)17-9-14(27)15(11-26)31-17/h1-4,10,14-15,17,26-27H,5-9,11H2,(H,23,28,30). The molecule has 2 aromatic rings. The van der Waals surface area contributed by atoms with E-state index in [1.807, 2.05) is 4.90 Å². The van der Waals surface area contributed by atoms with Crippen molar-refractivity contribution in [3.63, 3.8) is 0 Å². The zero-order valence-electron chi connectivity index (χ0n) is 16.9. The first kappa shape index (κ1) is 24.8. The zero-order valence-corrected chi connectivity index (χ0v) is 19.3. The van der Waals surface area contributed by atoms with Gasteiger partial charge in [0.15, 0.2) is 0 Å². The van der Waals surface area contributed by atoms with Crippen LogP contribution in [0, 0.1) is 0 Å². The number of aliphatic hydroxyl groups excluding tert-OH is 2. The van der Waals surface area contributed by atoms with Crippen LogP contribution in [0.15, 0.2) is 44.9 Å². The number of carbonyl (C=O) groups is 1. The van der Waals surface area contributed by atoms with Gasteiger partial charge in [-0.15, -0.1) is 23.2 Å². The predicted molar refractivity (Wildman–Crippen MR) is 123 cm³/mol. The summed E-state index contributed by atoms with van der Waals surface area (Å²) >= 11 is 12.3. The Morgan fingerprint density at radius 1 is 1.22 bits per heavy atom. The third kappa shape index (κ3) is 5.75. The molecule has 32 heavy (non-hydrogen) atoms. The molecule has 0 radical (unpaired) electrons. The van der Waals surface area contributed by atoms with Gasteiger partial charge in [0, 0.05) is 48.7 Å². The van der Waals surface area contributed by atoms with Gasteiger partial charge in [-0.2, -0.15) is 0 Å². The van der Waals surface area contributed by atoms with E-state index in [9.17, 15) is 24.6 Å². The van der Waals surface area contributed by atoms with Crippen LogP contribution in [0.2, 0.25) is 0 Å². The van der Waals surface area contributed by atoms with Crippen LogP contribution in [0.4, 0.5) is 5.69 Å². The van der Waals surface area contributed by atoms with E-state index in [2.05, 4.69) is 4.98 Å². The van der Waals surface area contributed by atoms with Crippen LogP contribution in [0.25, 0.3) is 0 Å². The molecule has 12 heteroatoms. The number of halogens is 2. The van der Waals surface area contributed by atoms with E-state index in [-0.39, 0.29) is 16.4 Å². The van der Waals surface area contributed by atoms with E-state index in [0.29, 0.717) is 42.2 Å². The number of hydrogen-bond donors (Lipinski definition) is 3. The van der Waals surface area contributed by atoms with Gasteiger partial charge in [-0.05, 0) is 36.0 Å². The molecule has 9 nitrogen and oxygen atoms in total. The van der Waals surface area contributed by atoms with Crippen molar-refractivity contribution in [2.45, 2.75) is 29.8 Å². The van der Waals surface area contributed by atoms with Crippen LogP contribution in [0.5, 0.6) is 0 Å². The van der Waals surface area contributed by atoms with E-state index < -0.39 is 36.3 Å². The van der Waals surface area contributed by atoms with Crippen LogP contribution in [-0.2, 0) is 4.74 Å². The second kappa shape index (κ2) is 11.4. The molecule has 0 saturated carbocycles. The molecule has 0 spiro atoms. The molecule has 1 aromatic carbocycles. The van der Waals surface area contributed by atoms with Crippen molar-refractivity contribution < 1.29 is 19.7 Å². The minimum absolute atomic E-state index is 0.00937. The molecule has 3 N–H and O–H groups in total. The van der Waals surface area contributed by atoms with Crippen LogP contribution in [0.1, 0.15) is 23.0 Å². The third-order valence-electron chi connectivity index (χ3n) is 5.01. The van der Waals surface area contributed by atoms with E-state index in [0.717, 1.165) is 10.3 Å². The molecule has 3 atom stereocenters. The molecule has 0 aliphatic carbocycles. The summed E-state index contributed by atoms with van der Waals surface area (Å²) in [6.07, 6.45) is -1.34. The molecule has 1 aromatic heterocycles. The lowest BCUT2D eigenvalue weighted by Gasteiger charge is -2.22. The van der Waals surface area contributed by atoms with Gasteiger partial charge in [0.1, 0.15) is 12.3 Å². The second-order valence-corrected chi connectivity index (χ2v) is 8.85. The number of ether oxygens (including phenoxy) is 1. The Labute approximate surface area is 197 Å². The van der Waals surface area contributed by atoms with E-state index in [1.54, 1.807) is 24.3 Å². The van der Waals surface area contributed by atoms with Crippen molar-refractivity contribution >= 4 is 45.8 Å². The van der Waals surface area contributed by atoms with Gasteiger partial charge in [0.2, 0.25) is 5.12 Å². The van der Waals surface area contributed by atoms with Crippen LogP contribution in [0.3, 0.4) is 0 Å². The van der Waals surface area contributed by atoms with Crippen LogP contribution in [-0.4, -0.2) is 68.5 Å².